The smallest absolute Gasteiger partial charge is 0.156 e. The van der Waals surface area contributed by atoms with E-state index in [1.807, 2.05) is 48.5 Å². The van der Waals surface area contributed by atoms with Crippen molar-refractivity contribution in [3.05, 3.63) is 54.1 Å². The highest BCUT2D eigenvalue weighted by atomic mass is 15.3. The van der Waals surface area contributed by atoms with Gasteiger partial charge < -0.3 is 10.6 Å². The minimum Gasteiger partial charge on any atom is -0.353 e. The number of hydrogen-bond donors (Lipinski definition) is 1. The summed E-state index contributed by atoms with van der Waals surface area (Å²) in [6, 6.07) is 17.9. The molecule has 2 aromatic carbocycles. The molecule has 2 fully saturated rings. The number of nitrogens with zero attached hydrogens (tertiary/aromatic N) is 4. The quantitative estimate of drug-likeness (QED) is 0.775. The highest BCUT2D eigenvalue weighted by molar-refractivity contribution is 5.84. The van der Waals surface area contributed by atoms with Gasteiger partial charge in [0, 0.05) is 30.1 Å². The van der Waals surface area contributed by atoms with Crippen LogP contribution >= 0.6 is 0 Å². The number of aromatic nitrogens is 2. The van der Waals surface area contributed by atoms with Crippen molar-refractivity contribution in [3.8, 4) is 17.3 Å². The van der Waals surface area contributed by atoms with Crippen LogP contribution in [0, 0.1) is 16.7 Å². The summed E-state index contributed by atoms with van der Waals surface area (Å²) >= 11 is 0. The molecule has 5 nitrogen and oxygen atoms in total. The molecule has 1 saturated heterocycles. The van der Waals surface area contributed by atoms with Gasteiger partial charge >= 0.3 is 0 Å². The number of hydrogen-bond acceptors (Lipinski definition) is 5. The van der Waals surface area contributed by atoms with Crippen LogP contribution in [0.3, 0.4) is 0 Å². The third-order valence-electron chi connectivity index (χ3n) is 5.72. The van der Waals surface area contributed by atoms with Gasteiger partial charge in [-0.25, -0.2) is 9.97 Å². The van der Waals surface area contributed by atoms with Crippen LogP contribution in [0.1, 0.15) is 18.4 Å². The average molecular weight is 341 g/mol. The molecule has 1 aliphatic carbocycles. The lowest BCUT2D eigenvalue weighted by Crippen LogP contribution is -2.30. The van der Waals surface area contributed by atoms with Crippen molar-refractivity contribution >= 4 is 16.9 Å². The van der Waals surface area contributed by atoms with Crippen molar-refractivity contribution < 1.29 is 0 Å². The molecule has 128 valence electrons. The van der Waals surface area contributed by atoms with E-state index < -0.39 is 0 Å². The van der Waals surface area contributed by atoms with Crippen LogP contribution in [-0.2, 0) is 0 Å². The van der Waals surface area contributed by atoms with E-state index in [0.29, 0.717) is 5.56 Å². The van der Waals surface area contributed by atoms with Crippen molar-refractivity contribution in [1.29, 1.82) is 5.26 Å². The molecule has 5 heteroatoms. The predicted molar refractivity (Wildman–Crippen MR) is 102 cm³/mol. The Morgan fingerprint density at radius 3 is 2.54 bits per heavy atom. The number of fused-ring (bicyclic) bond motifs is 1. The third kappa shape index (κ3) is 2.34. The van der Waals surface area contributed by atoms with Crippen LogP contribution in [0.25, 0.3) is 22.3 Å². The number of para-hydroxylation sites is 2. The molecule has 1 spiro atoms. The average Bonchev–Trinajstić information content (AvgIpc) is 3.39. The molecule has 3 aromatic rings. The standard InChI is InChI=1S/C21H19N5/c22-11-14-4-3-5-15(10-14)19-20(25-17-7-2-1-6-16(17)24-19)26-12-18(23)21(13-26)8-9-21/h1-7,10,18H,8-9,12-13,23H2/t18-/m1/s1. The van der Waals surface area contributed by atoms with E-state index in [0.717, 1.165) is 41.2 Å². The lowest BCUT2D eigenvalue weighted by Gasteiger charge is -2.21. The van der Waals surface area contributed by atoms with Gasteiger partial charge in [-0.1, -0.05) is 24.3 Å². The molecule has 26 heavy (non-hydrogen) atoms. The van der Waals surface area contributed by atoms with Crippen molar-refractivity contribution in [1.82, 2.24) is 9.97 Å². The van der Waals surface area contributed by atoms with Gasteiger partial charge in [0.25, 0.3) is 0 Å². The van der Waals surface area contributed by atoms with Gasteiger partial charge in [-0.3, -0.25) is 0 Å². The molecule has 0 bridgehead atoms. The summed E-state index contributed by atoms with van der Waals surface area (Å²) in [7, 11) is 0. The maximum Gasteiger partial charge on any atom is 0.156 e. The summed E-state index contributed by atoms with van der Waals surface area (Å²) in [4.78, 5) is 12.1. The highest BCUT2D eigenvalue weighted by Crippen LogP contribution is 2.53. The Morgan fingerprint density at radius 2 is 1.85 bits per heavy atom. The van der Waals surface area contributed by atoms with Gasteiger partial charge in [-0.05, 0) is 37.1 Å². The van der Waals surface area contributed by atoms with E-state index >= 15 is 0 Å². The van der Waals surface area contributed by atoms with Crippen LogP contribution in [0.15, 0.2) is 48.5 Å². The van der Waals surface area contributed by atoms with Crippen molar-refractivity contribution in [2.45, 2.75) is 18.9 Å². The number of nitriles is 1. The van der Waals surface area contributed by atoms with E-state index in [1.54, 1.807) is 0 Å². The van der Waals surface area contributed by atoms with Crippen LogP contribution in [-0.4, -0.2) is 29.1 Å². The SMILES string of the molecule is N#Cc1cccc(-c2nc3ccccc3nc2N2C[C@@H](N)C3(CC3)C2)c1. The van der Waals surface area contributed by atoms with E-state index in [-0.39, 0.29) is 11.5 Å². The third-order valence-corrected chi connectivity index (χ3v) is 5.72. The van der Waals surface area contributed by atoms with Gasteiger partial charge in [0.1, 0.15) is 5.69 Å². The highest BCUT2D eigenvalue weighted by Gasteiger charge is 2.54. The molecule has 1 atom stereocenters. The molecule has 1 saturated carbocycles. The minimum atomic E-state index is 0.189. The zero-order chi connectivity index (χ0) is 17.7. The monoisotopic (exact) mass is 341 g/mol. The number of benzene rings is 2. The molecule has 2 aliphatic rings. The Kier molecular flexibility index (Phi) is 3.25. The summed E-state index contributed by atoms with van der Waals surface area (Å²) in [6.45, 7) is 1.74. The summed E-state index contributed by atoms with van der Waals surface area (Å²) in [5, 5.41) is 9.26. The van der Waals surface area contributed by atoms with Crippen LogP contribution in [0.4, 0.5) is 5.82 Å². The summed E-state index contributed by atoms with van der Waals surface area (Å²) in [6.07, 6.45) is 2.40. The normalized spacial score (nSPS) is 20.5. The first-order valence-electron chi connectivity index (χ1n) is 8.96. The number of anilines is 1. The largest absolute Gasteiger partial charge is 0.353 e. The van der Waals surface area contributed by atoms with Crippen molar-refractivity contribution in [2.75, 3.05) is 18.0 Å². The topological polar surface area (TPSA) is 78.8 Å². The van der Waals surface area contributed by atoms with Crippen molar-refractivity contribution in [3.63, 3.8) is 0 Å². The maximum absolute atomic E-state index is 9.26. The van der Waals surface area contributed by atoms with Gasteiger partial charge in [0.05, 0.1) is 22.7 Å². The van der Waals surface area contributed by atoms with Gasteiger partial charge in [-0.15, -0.1) is 0 Å². The Labute approximate surface area is 152 Å². The number of rotatable bonds is 2. The second-order valence-electron chi connectivity index (χ2n) is 7.43. The molecule has 1 aromatic heterocycles. The Bertz CT molecular complexity index is 1050. The fourth-order valence-corrected chi connectivity index (χ4v) is 3.98. The Hall–Kier alpha value is -2.97. The molecule has 2 N–H and O–H groups in total. The lowest BCUT2D eigenvalue weighted by atomic mass is 10.0. The molecule has 5 rings (SSSR count). The Morgan fingerprint density at radius 1 is 1.08 bits per heavy atom. The van der Waals surface area contributed by atoms with E-state index in [1.165, 1.54) is 12.8 Å². The maximum atomic E-state index is 9.26. The van der Waals surface area contributed by atoms with E-state index in [2.05, 4.69) is 11.0 Å². The fraction of sp³-hybridized carbons (Fsp3) is 0.286. The summed E-state index contributed by atoms with van der Waals surface area (Å²) in [5.41, 5.74) is 10.8. The predicted octanol–water partition coefficient (Wildman–Crippen LogP) is 3.10. The molecule has 2 heterocycles. The first-order valence-corrected chi connectivity index (χ1v) is 8.96. The van der Waals surface area contributed by atoms with Crippen molar-refractivity contribution in [2.24, 2.45) is 11.1 Å². The first-order chi connectivity index (χ1) is 12.7. The van der Waals surface area contributed by atoms with Crippen LogP contribution in [0.5, 0.6) is 0 Å². The summed E-state index contributed by atoms with van der Waals surface area (Å²) < 4.78 is 0. The van der Waals surface area contributed by atoms with Crippen LogP contribution < -0.4 is 10.6 Å². The van der Waals surface area contributed by atoms with Gasteiger partial charge in [0.15, 0.2) is 5.82 Å². The molecule has 1 aliphatic heterocycles. The Balaban J connectivity index is 1.69. The molecule has 0 unspecified atom stereocenters. The van der Waals surface area contributed by atoms with Gasteiger partial charge in [0.2, 0.25) is 0 Å². The first kappa shape index (κ1) is 15.3. The molecular formula is C21H19N5. The molecule has 0 radical (unpaired) electrons. The second-order valence-corrected chi connectivity index (χ2v) is 7.43. The molecule has 0 amide bonds. The number of nitrogens with two attached hydrogens (primary N) is 1. The zero-order valence-electron chi connectivity index (χ0n) is 14.4. The summed E-state index contributed by atoms with van der Waals surface area (Å²) in [5.74, 6) is 0.873. The molecular weight excluding hydrogens is 322 g/mol. The fourth-order valence-electron chi connectivity index (χ4n) is 3.98. The second kappa shape index (κ2) is 5.52. The minimum absolute atomic E-state index is 0.189. The van der Waals surface area contributed by atoms with Gasteiger partial charge in [-0.2, -0.15) is 5.26 Å². The van der Waals surface area contributed by atoms with E-state index in [9.17, 15) is 5.26 Å². The zero-order valence-corrected chi connectivity index (χ0v) is 14.4. The van der Waals surface area contributed by atoms with E-state index in [4.69, 9.17) is 15.7 Å². The lowest BCUT2D eigenvalue weighted by molar-refractivity contribution is 0.499. The van der Waals surface area contributed by atoms with Crippen LogP contribution in [0.2, 0.25) is 0 Å².